The number of amides is 1. The minimum absolute atomic E-state index is 0.189. The van der Waals surface area contributed by atoms with E-state index in [4.69, 9.17) is 9.47 Å². The maximum atomic E-state index is 12.4. The molecule has 3 rings (SSSR count). The highest BCUT2D eigenvalue weighted by Crippen LogP contribution is 2.25. The number of methoxy groups -OCH3 is 1. The van der Waals surface area contributed by atoms with E-state index in [1.165, 1.54) is 23.8 Å². The number of carbonyl (C=O) groups is 2. The number of benzene rings is 2. The topological polar surface area (TPSA) is 77.5 Å². The molecule has 0 spiro atoms. The number of hydrogen-bond donors (Lipinski definition) is 1. The Morgan fingerprint density at radius 3 is 2.41 bits per heavy atom. The number of aromatic nitrogens is 1. The van der Waals surface area contributed by atoms with Gasteiger partial charge in [-0.05, 0) is 43.2 Å². The maximum absolute atomic E-state index is 12.4. The average Bonchev–Trinajstić information content (AvgIpc) is 3.24. The smallest absolute Gasteiger partial charge is 0.358 e. The molecule has 0 unspecified atom stereocenters. The summed E-state index contributed by atoms with van der Waals surface area (Å²) in [5, 5.41) is 5.07. The summed E-state index contributed by atoms with van der Waals surface area (Å²) < 4.78 is 10.4. The third kappa shape index (κ3) is 5.20. The van der Waals surface area contributed by atoms with Crippen LogP contribution in [-0.4, -0.2) is 30.1 Å². The molecular weight excluding hydrogens is 388 g/mol. The Labute approximate surface area is 173 Å². The molecule has 29 heavy (non-hydrogen) atoms. The lowest BCUT2D eigenvalue weighted by Gasteiger charge is -2.13. The van der Waals surface area contributed by atoms with Crippen molar-refractivity contribution in [3.8, 4) is 16.3 Å². The van der Waals surface area contributed by atoms with Gasteiger partial charge in [-0.2, -0.15) is 0 Å². The molecule has 0 saturated carbocycles. The van der Waals surface area contributed by atoms with Crippen molar-refractivity contribution in [2.24, 2.45) is 0 Å². The van der Waals surface area contributed by atoms with Crippen molar-refractivity contribution in [3.05, 3.63) is 65.2 Å². The van der Waals surface area contributed by atoms with E-state index >= 15 is 0 Å². The molecule has 3 aromatic rings. The Morgan fingerprint density at radius 1 is 1.10 bits per heavy atom. The molecule has 7 heteroatoms. The summed E-state index contributed by atoms with van der Waals surface area (Å²) in [6.07, 6.45) is 0.00485. The first kappa shape index (κ1) is 20.5. The SMILES string of the molecule is CCc1ccc(-c2nc(C(=O)O[C@@H](C)C(=O)Nc3ccc(OC)cc3)cs2)cc1. The first-order valence-electron chi connectivity index (χ1n) is 9.21. The van der Waals surface area contributed by atoms with Crippen LogP contribution in [0.4, 0.5) is 5.69 Å². The number of nitrogens with one attached hydrogen (secondary N) is 1. The second-order valence-electron chi connectivity index (χ2n) is 6.35. The number of ether oxygens (including phenoxy) is 2. The molecule has 1 atom stereocenters. The van der Waals surface area contributed by atoms with Gasteiger partial charge in [0, 0.05) is 16.6 Å². The van der Waals surface area contributed by atoms with Crippen LogP contribution in [0.5, 0.6) is 5.75 Å². The number of anilines is 1. The Balaban J connectivity index is 1.60. The Morgan fingerprint density at radius 2 is 1.79 bits per heavy atom. The number of esters is 1. The number of nitrogens with zero attached hydrogens (tertiary/aromatic N) is 1. The minimum Gasteiger partial charge on any atom is -0.497 e. The summed E-state index contributed by atoms with van der Waals surface area (Å²) in [5.74, 6) is -0.365. The Hall–Kier alpha value is -3.19. The van der Waals surface area contributed by atoms with Crippen LogP contribution < -0.4 is 10.1 Å². The highest BCUT2D eigenvalue weighted by molar-refractivity contribution is 7.13. The van der Waals surface area contributed by atoms with Gasteiger partial charge in [-0.1, -0.05) is 31.2 Å². The van der Waals surface area contributed by atoms with Gasteiger partial charge >= 0.3 is 5.97 Å². The standard InChI is InChI=1S/C22H22N2O4S/c1-4-15-5-7-16(8-6-15)21-24-19(13-29-21)22(26)28-14(2)20(25)23-17-9-11-18(27-3)12-10-17/h5-14H,4H2,1-3H3,(H,23,25)/t14-/m0/s1. The van der Waals surface area contributed by atoms with Gasteiger partial charge in [-0.15, -0.1) is 11.3 Å². The molecule has 0 saturated heterocycles. The van der Waals surface area contributed by atoms with E-state index < -0.39 is 18.0 Å². The largest absolute Gasteiger partial charge is 0.497 e. The van der Waals surface area contributed by atoms with Gasteiger partial charge in [-0.25, -0.2) is 9.78 Å². The van der Waals surface area contributed by atoms with Gasteiger partial charge in [0.05, 0.1) is 7.11 Å². The lowest BCUT2D eigenvalue weighted by Crippen LogP contribution is -2.30. The van der Waals surface area contributed by atoms with Gasteiger partial charge in [0.1, 0.15) is 10.8 Å². The van der Waals surface area contributed by atoms with Crippen LogP contribution >= 0.6 is 11.3 Å². The first-order chi connectivity index (χ1) is 14.0. The molecule has 0 aliphatic carbocycles. The fraction of sp³-hybridized carbons (Fsp3) is 0.227. The zero-order valence-electron chi connectivity index (χ0n) is 16.5. The van der Waals surface area contributed by atoms with E-state index in [0.717, 1.165) is 17.0 Å². The van der Waals surface area contributed by atoms with Crippen LogP contribution in [0.25, 0.3) is 10.6 Å². The third-order valence-electron chi connectivity index (χ3n) is 4.33. The molecular formula is C22H22N2O4S. The number of rotatable bonds is 7. The van der Waals surface area contributed by atoms with Crippen LogP contribution in [0.15, 0.2) is 53.9 Å². The highest BCUT2D eigenvalue weighted by atomic mass is 32.1. The van der Waals surface area contributed by atoms with Crippen molar-refractivity contribution in [2.75, 3.05) is 12.4 Å². The monoisotopic (exact) mass is 410 g/mol. The normalized spacial score (nSPS) is 11.6. The summed E-state index contributed by atoms with van der Waals surface area (Å²) in [4.78, 5) is 29.0. The molecule has 1 heterocycles. The van der Waals surface area contributed by atoms with Gasteiger partial charge in [0.2, 0.25) is 0 Å². The van der Waals surface area contributed by atoms with Crippen molar-refractivity contribution in [1.29, 1.82) is 0 Å². The van der Waals surface area contributed by atoms with Gasteiger partial charge in [-0.3, -0.25) is 4.79 Å². The summed E-state index contributed by atoms with van der Waals surface area (Å²) >= 11 is 1.36. The molecule has 2 aromatic carbocycles. The van der Waals surface area contributed by atoms with E-state index in [9.17, 15) is 9.59 Å². The minimum atomic E-state index is -0.960. The Bertz CT molecular complexity index is 981. The molecule has 0 aliphatic heterocycles. The zero-order valence-corrected chi connectivity index (χ0v) is 17.3. The Kier molecular flexibility index (Phi) is 6.61. The van der Waals surface area contributed by atoms with Crippen molar-refractivity contribution < 1.29 is 19.1 Å². The van der Waals surface area contributed by atoms with Gasteiger partial charge < -0.3 is 14.8 Å². The molecule has 0 bridgehead atoms. The average molecular weight is 410 g/mol. The van der Waals surface area contributed by atoms with Gasteiger partial charge in [0.25, 0.3) is 5.91 Å². The second-order valence-corrected chi connectivity index (χ2v) is 7.21. The number of carbonyl (C=O) groups excluding carboxylic acids is 2. The number of thiazole rings is 1. The molecule has 0 aliphatic rings. The van der Waals surface area contributed by atoms with E-state index in [1.54, 1.807) is 36.8 Å². The highest BCUT2D eigenvalue weighted by Gasteiger charge is 2.21. The molecule has 1 aromatic heterocycles. The first-order valence-corrected chi connectivity index (χ1v) is 10.1. The molecule has 0 fully saturated rings. The molecule has 1 amide bonds. The quantitative estimate of drug-likeness (QED) is 0.578. The summed E-state index contributed by atoms with van der Waals surface area (Å²) in [6, 6.07) is 14.9. The van der Waals surface area contributed by atoms with E-state index in [0.29, 0.717) is 11.4 Å². The maximum Gasteiger partial charge on any atom is 0.358 e. The second kappa shape index (κ2) is 9.34. The summed E-state index contributed by atoms with van der Waals surface area (Å²) in [7, 11) is 1.57. The predicted molar refractivity (Wildman–Crippen MR) is 113 cm³/mol. The lowest BCUT2D eigenvalue weighted by molar-refractivity contribution is -0.123. The molecule has 6 nitrogen and oxygen atoms in total. The van der Waals surface area contributed by atoms with E-state index in [-0.39, 0.29) is 5.69 Å². The van der Waals surface area contributed by atoms with Gasteiger partial charge in [0.15, 0.2) is 11.8 Å². The van der Waals surface area contributed by atoms with Crippen LogP contribution in [0, 0.1) is 0 Å². The van der Waals surface area contributed by atoms with Crippen LogP contribution in [0.1, 0.15) is 29.9 Å². The van der Waals surface area contributed by atoms with Crippen LogP contribution in [0.2, 0.25) is 0 Å². The van der Waals surface area contributed by atoms with Crippen LogP contribution in [-0.2, 0) is 16.0 Å². The van der Waals surface area contributed by atoms with E-state index in [2.05, 4.69) is 17.2 Å². The fourth-order valence-electron chi connectivity index (χ4n) is 2.58. The summed E-state index contributed by atoms with van der Waals surface area (Å²) in [5.41, 5.74) is 2.96. The van der Waals surface area contributed by atoms with Crippen molar-refractivity contribution in [1.82, 2.24) is 4.98 Å². The number of aryl methyl sites for hydroxylation is 1. The van der Waals surface area contributed by atoms with Crippen LogP contribution in [0.3, 0.4) is 0 Å². The predicted octanol–water partition coefficient (Wildman–Crippen LogP) is 4.57. The lowest BCUT2D eigenvalue weighted by atomic mass is 10.1. The number of hydrogen-bond acceptors (Lipinski definition) is 6. The summed E-state index contributed by atoms with van der Waals surface area (Å²) in [6.45, 7) is 3.62. The van der Waals surface area contributed by atoms with Crippen molar-refractivity contribution in [2.45, 2.75) is 26.4 Å². The van der Waals surface area contributed by atoms with Crippen molar-refractivity contribution in [3.63, 3.8) is 0 Å². The molecule has 1 N–H and O–H groups in total. The zero-order chi connectivity index (χ0) is 20.8. The molecule has 150 valence electrons. The molecule has 0 radical (unpaired) electrons. The third-order valence-corrected chi connectivity index (χ3v) is 5.22. The fourth-order valence-corrected chi connectivity index (χ4v) is 3.37. The van der Waals surface area contributed by atoms with E-state index in [1.807, 2.05) is 24.3 Å². The van der Waals surface area contributed by atoms with Crippen molar-refractivity contribution >= 4 is 28.9 Å².